The third kappa shape index (κ3) is 1.70. The Bertz CT molecular complexity index is 133. The summed E-state index contributed by atoms with van der Waals surface area (Å²) in [6.45, 7) is 1.94. The van der Waals surface area contributed by atoms with Crippen LogP contribution in [0, 0.1) is 5.92 Å². The molecule has 1 aliphatic rings. The highest BCUT2D eigenvalue weighted by Crippen LogP contribution is 2.19. The van der Waals surface area contributed by atoms with Gasteiger partial charge in [0.1, 0.15) is 6.10 Å². The van der Waals surface area contributed by atoms with Crippen molar-refractivity contribution in [3.05, 3.63) is 0 Å². The van der Waals surface area contributed by atoms with Gasteiger partial charge in [-0.1, -0.05) is 6.92 Å². The van der Waals surface area contributed by atoms with E-state index in [2.05, 4.69) is 0 Å². The first-order chi connectivity index (χ1) is 4.72. The third-order valence-corrected chi connectivity index (χ3v) is 1.68. The van der Waals surface area contributed by atoms with E-state index in [1.54, 1.807) is 0 Å². The van der Waals surface area contributed by atoms with E-state index in [0.29, 0.717) is 12.3 Å². The lowest BCUT2D eigenvalue weighted by molar-refractivity contribution is -0.158. The summed E-state index contributed by atoms with van der Waals surface area (Å²) >= 11 is 0. The van der Waals surface area contributed by atoms with Crippen LogP contribution in [0.3, 0.4) is 0 Å². The van der Waals surface area contributed by atoms with Crippen molar-refractivity contribution >= 4 is 5.97 Å². The topological polar surface area (TPSA) is 46.5 Å². The van der Waals surface area contributed by atoms with Gasteiger partial charge in [0.25, 0.3) is 0 Å². The van der Waals surface area contributed by atoms with E-state index in [9.17, 15) is 4.79 Å². The number of esters is 1. The maximum Gasteiger partial charge on any atom is 0.306 e. The molecule has 1 heterocycles. The van der Waals surface area contributed by atoms with E-state index in [-0.39, 0.29) is 18.7 Å². The number of aliphatic hydroxyl groups excluding tert-OH is 1. The molecule has 0 saturated carbocycles. The SMILES string of the molecule is CC1CC(=O)OC(CO)C1. The van der Waals surface area contributed by atoms with Crippen LogP contribution in [-0.4, -0.2) is 23.8 Å². The molecule has 0 aromatic carbocycles. The van der Waals surface area contributed by atoms with Crippen LogP contribution in [0.15, 0.2) is 0 Å². The summed E-state index contributed by atoms with van der Waals surface area (Å²) in [4.78, 5) is 10.7. The summed E-state index contributed by atoms with van der Waals surface area (Å²) in [6, 6.07) is 0. The Morgan fingerprint density at radius 3 is 3.00 bits per heavy atom. The van der Waals surface area contributed by atoms with E-state index in [1.165, 1.54) is 0 Å². The quantitative estimate of drug-likeness (QED) is 0.539. The molecule has 0 bridgehead atoms. The lowest BCUT2D eigenvalue weighted by Crippen LogP contribution is -2.30. The predicted octanol–water partition coefficient (Wildman–Crippen LogP) is 0.320. The molecule has 58 valence electrons. The molecule has 0 aromatic heterocycles. The highest BCUT2D eigenvalue weighted by atomic mass is 16.6. The first-order valence-corrected chi connectivity index (χ1v) is 3.52. The number of cyclic esters (lactones) is 1. The number of hydrogen-bond acceptors (Lipinski definition) is 3. The van der Waals surface area contributed by atoms with Gasteiger partial charge in [-0.2, -0.15) is 0 Å². The maximum atomic E-state index is 10.7. The summed E-state index contributed by atoms with van der Waals surface area (Å²) in [6.07, 6.45) is 1.04. The number of ether oxygens (including phenoxy) is 1. The summed E-state index contributed by atoms with van der Waals surface area (Å²) in [5, 5.41) is 8.65. The average molecular weight is 144 g/mol. The van der Waals surface area contributed by atoms with Crippen LogP contribution in [0.2, 0.25) is 0 Å². The van der Waals surface area contributed by atoms with Crippen LogP contribution in [0.25, 0.3) is 0 Å². The number of rotatable bonds is 1. The van der Waals surface area contributed by atoms with E-state index in [0.717, 1.165) is 6.42 Å². The predicted molar refractivity (Wildman–Crippen MR) is 35.4 cm³/mol. The first-order valence-electron chi connectivity index (χ1n) is 3.52. The lowest BCUT2D eigenvalue weighted by atomic mass is 9.98. The molecule has 2 unspecified atom stereocenters. The third-order valence-electron chi connectivity index (χ3n) is 1.68. The largest absolute Gasteiger partial charge is 0.460 e. The van der Waals surface area contributed by atoms with Crippen molar-refractivity contribution in [2.75, 3.05) is 6.61 Å². The molecule has 10 heavy (non-hydrogen) atoms. The Hall–Kier alpha value is -0.570. The highest BCUT2D eigenvalue weighted by Gasteiger charge is 2.24. The zero-order valence-corrected chi connectivity index (χ0v) is 6.04. The van der Waals surface area contributed by atoms with Gasteiger partial charge in [0.05, 0.1) is 6.61 Å². The molecule has 0 aliphatic carbocycles. The van der Waals surface area contributed by atoms with E-state index in [1.807, 2.05) is 6.92 Å². The fourth-order valence-corrected chi connectivity index (χ4v) is 1.21. The smallest absolute Gasteiger partial charge is 0.306 e. The second-order valence-electron chi connectivity index (χ2n) is 2.84. The van der Waals surface area contributed by atoms with Gasteiger partial charge in [-0.05, 0) is 12.3 Å². The first kappa shape index (κ1) is 7.54. The summed E-state index contributed by atoms with van der Waals surface area (Å²) in [7, 11) is 0. The van der Waals surface area contributed by atoms with Crippen molar-refractivity contribution in [2.24, 2.45) is 5.92 Å². The lowest BCUT2D eigenvalue weighted by Gasteiger charge is -2.24. The fourth-order valence-electron chi connectivity index (χ4n) is 1.21. The Kier molecular flexibility index (Phi) is 2.27. The van der Waals surface area contributed by atoms with E-state index < -0.39 is 0 Å². The molecule has 3 heteroatoms. The summed E-state index contributed by atoms with van der Waals surface area (Å²) in [5.41, 5.74) is 0. The van der Waals surface area contributed by atoms with Crippen LogP contribution >= 0.6 is 0 Å². The molecule has 0 spiro atoms. The normalized spacial score (nSPS) is 33.6. The minimum atomic E-state index is -0.253. The number of carbonyl (C=O) groups is 1. The minimum absolute atomic E-state index is 0.0456. The van der Waals surface area contributed by atoms with E-state index >= 15 is 0 Å². The molecule has 1 aliphatic heterocycles. The molecule has 1 rings (SSSR count). The van der Waals surface area contributed by atoms with Crippen LogP contribution in [0.1, 0.15) is 19.8 Å². The van der Waals surface area contributed by atoms with Gasteiger partial charge >= 0.3 is 5.97 Å². The van der Waals surface area contributed by atoms with Crippen LogP contribution < -0.4 is 0 Å². The molecule has 1 fully saturated rings. The maximum absolute atomic E-state index is 10.7. The Balaban J connectivity index is 2.42. The number of carbonyl (C=O) groups excluding carboxylic acids is 1. The zero-order chi connectivity index (χ0) is 7.56. The fraction of sp³-hybridized carbons (Fsp3) is 0.857. The molecule has 1 saturated heterocycles. The Labute approximate surface area is 60.0 Å². The van der Waals surface area contributed by atoms with Crippen molar-refractivity contribution in [2.45, 2.75) is 25.9 Å². The molecule has 0 radical (unpaired) electrons. The van der Waals surface area contributed by atoms with Gasteiger partial charge in [-0.15, -0.1) is 0 Å². The molecule has 0 aromatic rings. The zero-order valence-electron chi connectivity index (χ0n) is 6.04. The summed E-state index contributed by atoms with van der Waals surface area (Å²) in [5.74, 6) is 0.177. The second kappa shape index (κ2) is 3.01. The molecule has 2 atom stereocenters. The molecule has 0 amide bonds. The van der Waals surface area contributed by atoms with Gasteiger partial charge in [0.2, 0.25) is 0 Å². The average Bonchev–Trinajstić information content (AvgIpc) is 1.85. The van der Waals surface area contributed by atoms with Crippen LogP contribution in [0.5, 0.6) is 0 Å². The molecule has 1 N–H and O–H groups in total. The van der Waals surface area contributed by atoms with Crippen molar-refractivity contribution in [3.63, 3.8) is 0 Å². The van der Waals surface area contributed by atoms with Crippen molar-refractivity contribution in [1.29, 1.82) is 0 Å². The van der Waals surface area contributed by atoms with Crippen molar-refractivity contribution in [3.8, 4) is 0 Å². The number of aliphatic hydroxyl groups is 1. The van der Waals surface area contributed by atoms with Crippen LogP contribution in [0.4, 0.5) is 0 Å². The van der Waals surface area contributed by atoms with Crippen molar-refractivity contribution in [1.82, 2.24) is 0 Å². The molecular weight excluding hydrogens is 132 g/mol. The summed E-state index contributed by atoms with van der Waals surface area (Å²) < 4.78 is 4.82. The second-order valence-corrected chi connectivity index (χ2v) is 2.84. The standard InChI is InChI=1S/C7H12O3/c1-5-2-6(4-8)10-7(9)3-5/h5-6,8H,2-4H2,1H3. The Morgan fingerprint density at radius 1 is 1.80 bits per heavy atom. The van der Waals surface area contributed by atoms with Crippen molar-refractivity contribution < 1.29 is 14.6 Å². The Morgan fingerprint density at radius 2 is 2.50 bits per heavy atom. The van der Waals surface area contributed by atoms with Gasteiger partial charge in [0.15, 0.2) is 0 Å². The minimum Gasteiger partial charge on any atom is -0.460 e. The number of hydrogen-bond donors (Lipinski definition) is 1. The van der Waals surface area contributed by atoms with Gasteiger partial charge in [0, 0.05) is 6.42 Å². The van der Waals surface area contributed by atoms with E-state index in [4.69, 9.17) is 9.84 Å². The van der Waals surface area contributed by atoms with Gasteiger partial charge in [-0.3, -0.25) is 4.79 Å². The highest BCUT2D eigenvalue weighted by molar-refractivity contribution is 5.70. The molecule has 3 nitrogen and oxygen atoms in total. The van der Waals surface area contributed by atoms with Gasteiger partial charge < -0.3 is 9.84 Å². The van der Waals surface area contributed by atoms with Crippen LogP contribution in [-0.2, 0) is 9.53 Å². The van der Waals surface area contributed by atoms with Gasteiger partial charge in [-0.25, -0.2) is 0 Å². The molecular formula is C7H12O3. The monoisotopic (exact) mass is 144 g/mol.